The van der Waals surface area contributed by atoms with Crippen LogP contribution in [0.15, 0.2) is 42.5 Å². The van der Waals surface area contributed by atoms with Gasteiger partial charge < -0.3 is 10.1 Å². The molecule has 0 bridgehead atoms. The Morgan fingerprint density at radius 1 is 1.24 bits per heavy atom. The minimum atomic E-state index is -0.725. The number of benzene rings is 2. The Labute approximate surface area is 172 Å². The molecule has 1 amide bonds. The van der Waals surface area contributed by atoms with Crippen LogP contribution in [0.5, 0.6) is 0 Å². The fourth-order valence-corrected chi connectivity index (χ4v) is 3.32. The third-order valence-electron chi connectivity index (χ3n) is 3.83. The van der Waals surface area contributed by atoms with Crippen molar-refractivity contribution in [2.45, 2.75) is 12.7 Å². The highest BCUT2D eigenvalue weighted by Crippen LogP contribution is 2.19. The van der Waals surface area contributed by atoms with Gasteiger partial charge in [-0.05, 0) is 24.6 Å². The van der Waals surface area contributed by atoms with E-state index in [2.05, 4.69) is 11.4 Å². The zero-order valence-electron chi connectivity index (χ0n) is 15.7. The summed E-state index contributed by atoms with van der Waals surface area (Å²) in [6.07, 6.45) is 0. The molecule has 2 aromatic carbocycles. The lowest BCUT2D eigenvalue weighted by Gasteiger charge is -2.08. The van der Waals surface area contributed by atoms with Crippen LogP contribution in [-0.2, 0) is 10.5 Å². The first-order valence-electron chi connectivity index (χ1n) is 8.76. The number of nitrogens with one attached hydrogen (secondary N) is 1. The highest BCUT2D eigenvalue weighted by Gasteiger charge is 2.18. The lowest BCUT2D eigenvalue weighted by atomic mass is 10.1. The molecule has 1 N–H and O–H groups in total. The topological polar surface area (TPSA) is 122 Å². The first-order valence-corrected chi connectivity index (χ1v) is 9.92. The molecule has 0 aliphatic heterocycles. The van der Waals surface area contributed by atoms with Crippen LogP contribution in [0.1, 0.15) is 38.8 Å². The van der Waals surface area contributed by atoms with E-state index in [4.69, 9.17) is 10.00 Å². The molecule has 0 radical (unpaired) electrons. The Bertz CT molecular complexity index is 955. The lowest BCUT2D eigenvalue weighted by Crippen LogP contribution is -2.26. The van der Waals surface area contributed by atoms with Crippen LogP contribution in [0.4, 0.5) is 5.69 Å². The standard InChI is InChI=1S/C20H19N3O5S/c1-2-28-20(25)17-9-16(10-18(11-17)23(26)27)19(24)22-7-8-29-13-15-6-4-3-5-14(15)12-21/h3-6,9-11H,2,7-8,13H2,1H3,(H,22,24). The van der Waals surface area contributed by atoms with Crippen molar-refractivity contribution in [3.05, 3.63) is 74.8 Å². The van der Waals surface area contributed by atoms with Crippen LogP contribution in [0, 0.1) is 21.4 Å². The number of non-ortho nitro benzene ring substituents is 1. The van der Waals surface area contributed by atoms with Crippen LogP contribution in [0.3, 0.4) is 0 Å². The van der Waals surface area contributed by atoms with Gasteiger partial charge in [0.05, 0.1) is 28.7 Å². The van der Waals surface area contributed by atoms with Gasteiger partial charge in [-0.1, -0.05) is 18.2 Å². The second-order valence-electron chi connectivity index (χ2n) is 5.82. The predicted octanol–water partition coefficient (Wildman–Crippen LogP) is 3.31. The normalized spacial score (nSPS) is 10.1. The van der Waals surface area contributed by atoms with Gasteiger partial charge in [-0.3, -0.25) is 14.9 Å². The van der Waals surface area contributed by atoms with E-state index in [1.807, 2.05) is 12.1 Å². The number of carbonyl (C=O) groups excluding carboxylic acids is 2. The van der Waals surface area contributed by atoms with E-state index >= 15 is 0 Å². The average Bonchev–Trinajstić information content (AvgIpc) is 2.73. The Kier molecular flexibility index (Phi) is 8.18. The number of amides is 1. The smallest absolute Gasteiger partial charge is 0.338 e. The van der Waals surface area contributed by atoms with Crippen molar-refractivity contribution < 1.29 is 19.2 Å². The van der Waals surface area contributed by atoms with Crippen LogP contribution >= 0.6 is 11.8 Å². The third-order valence-corrected chi connectivity index (χ3v) is 4.84. The maximum absolute atomic E-state index is 12.3. The monoisotopic (exact) mass is 413 g/mol. The molecule has 29 heavy (non-hydrogen) atoms. The van der Waals surface area contributed by atoms with Crippen LogP contribution in [-0.4, -0.2) is 35.7 Å². The fraction of sp³-hybridized carbons (Fsp3) is 0.250. The predicted molar refractivity (Wildman–Crippen MR) is 109 cm³/mol. The minimum absolute atomic E-state index is 0.0158. The van der Waals surface area contributed by atoms with Gasteiger partial charge in [0.25, 0.3) is 11.6 Å². The van der Waals surface area contributed by atoms with Gasteiger partial charge in [0.15, 0.2) is 0 Å². The van der Waals surface area contributed by atoms with Crippen molar-refractivity contribution in [2.24, 2.45) is 0 Å². The largest absolute Gasteiger partial charge is 0.462 e. The van der Waals surface area contributed by atoms with E-state index in [1.165, 1.54) is 6.07 Å². The number of thioether (sulfide) groups is 1. The molecule has 0 aliphatic carbocycles. The average molecular weight is 413 g/mol. The molecule has 0 aliphatic rings. The lowest BCUT2D eigenvalue weighted by molar-refractivity contribution is -0.384. The summed E-state index contributed by atoms with van der Waals surface area (Å²) in [5, 5.41) is 22.8. The molecule has 0 aromatic heterocycles. The number of nitro benzene ring substituents is 1. The quantitative estimate of drug-likeness (QED) is 0.290. The molecular weight excluding hydrogens is 394 g/mol. The van der Waals surface area contributed by atoms with Crippen molar-refractivity contribution in [3.8, 4) is 6.07 Å². The van der Waals surface area contributed by atoms with E-state index in [0.29, 0.717) is 23.6 Å². The Hall–Kier alpha value is -3.38. The molecule has 9 heteroatoms. The molecule has 150 valence electrons. The second-order valence-corrected chi connectivity index (χ2v) is 6.93. The Balaban J connectivity index is 1.95. The van der Waals surface area contributed by atoms with E-state index in [-0.39, 0.29) is 23.4 Å². The van der Waals surface area contributed by atoms with Crippen LogP contribution in [0.25, 0.3) is 0 Å². The molecule has 0 unspecified atom stereocenters. The number of nitriles is 1. The van der Waals surface area contributed by atoms with Crippen molar-refractivity contribution >= 4 is 29.3 Å². The number of carbonyl (C=O) groups is 2. The number of ether oxygens (including phenoxy) is 1. The zero-order chi connectivity index (χ0) is 21.2. The number of hydrogen-bond acceptors (Lipinski definition) is 7. The summed E-state index contributed by atoms with van der Waals surface area (Å²) in [5.74, 6) is -0.0246. The molecule has 0 saturated heterocycles. The van der Waals surface area contributed by atoms with Crippen LogP contribution in [0.2, 0.25) is 0 Å². The highest BCUT2D eigenvalue weighted by molar-refractivity contribution is 7.98. The summed E-state index contributed by atoms with van der Waals surface area (Å²) in [7, 11) is 0. The van der Waals surface area contributed by atoms with E-state index < -0.39 is 16.8 Å². The first kappa shape index (κ1) is 21.9. The van der Waals surface area contributed by atoms with E-state index in [1.54, 1.807) is 30.8 Å². The number of hydrogen-bond donors (Lipinski definition) is 1. The summed E-state index contributed by atoms with van der Waals surface area (Å²) in [6, 6.07) is 12.9. The zero-order valence-corrected chi connectivity index (χ0v) is 16.5. The first-order chi connectivity index (χ1) is 14.0. The molecule has 2 rings (SSSR count). The van der Waals surface area contributed by atoms with Crippen molar-refractivity contribution in [2.75, 3.05) is 18.9 Å². The number of rotatable bonds is 9. The summed E-state index contributed by atoms with van der Waals surface area (Å²) in [5.41, 5.74) is 1.15. The number of nitro groups is 1. The van der Waals surface area contributed by atoms with Gasteiger partial charge in [-0.15, -0.1) is 0 Å². The Morgan fingerprint density at radius 3 is 2.66 bits per heavy atom. The number of nitrogens with zero attached hydrogens (tertiary/aromatic N) is 2. The Morgan fingerprint density at radius 2 is 1.97 bits per heavy atom. The van der Waals surface area contributed by atoms with Gasteiger partial charge in [0, 0.05) is 35.7 Å². The third kappa shape index (κ3) is 6.33. The highest BCUT2D eigenvalue weighted by atomic mass is 32.2. The van der Waals surface area contributed by atoms with Crippen LogP contribution < -0.4 is 5.32 Å². The van der Waals surface area contributed by atoms with E-state index in [9.17, 15) is 19.7 Å². The molecule has 8 nitrogen and oxygen atoms in total. The summed E-state index contributed by atoms with van der Waals surface area (Å²) < 4.78 is 4.85. The minimum Gasteiger partial charge on any atom is -0.462 e. The van der Waals surface area contributed by atoms with Gasteiger partial charge in [0.1, 0.15) is 0 Å². The fourth-order valence-electron chi connectivity index (χ4n) is 2.46. The van der Waals surface area contributed by atoms with Gasteiger partial charge in [0.2, 0.25) is 0 Å². The molecule has 0 fully saturated rings. The second kappa shape index (κ2) is 10.8. The summed E-state index contributed by atoms with van der Waals surface area (Å²) >= 11 is 1.55. The SMILES string of the molecule is CCOC(=O)c1cc(C(=O)NCCSCc2ccccc2C#N)cc([N+](=O)[O-])c1. The molecule has 0 heterocycles. The summed E-state index contributed by atoms with van der Waals surface area (Å²) in [4.78, 5) is 34.7. The van der Waals surface area contributed by atoms with Gasteiger partial charge in [-0.25, -0.2) is 4.79 Å². The van der Waals surface area contributed by atoms with Crippen molar-refractivity contribution in [3.63, 3.8) is 0 Å². The maximum Gasteiger partial charge on any atom is 0.338 e. The molecule has 0 spiro atoms. The van der Waals surface area contributed by atoms with E-state index in [0.717, 1.165) is 17.7 Å². The summed E-state index contributed by atoms with van der Waals surface area (Å²) in [6.45, 7) is 2.07. The van der Waals surface area contributed by atoms with Crippen molar-refractivity contribution in [1.29, 1.82) is 5.26 Å². The van der Waals surface area contributed by atoms with Gasteiger partial charge in [-0.2, -0.15) is 17.0 Å². The molecule has 0 atom stereocenters. The molecule has 0 saturated carbocycles. The van der Waals surface area contributed by atoms with Crippen molar-refractivity contribution in [1.82, 2.24) is 5.32 Å². The number of esters is 1. The van der Waals surface area contributed by atoms with Gasteiger partial charge >= 0.3 is 5.97 Å². The molecule has 2 aromatic rings. The maximum atomic E-state index is 12.3. The molecular formula is C20H19N3O5S.